The summed E-state index contributed by atoms with van der Waals surface area (Å²) in [5.41, 5.74) is 0.00263. The van der Waals surface area contributed by atoms with E-state index in [4.69, 9.17) is 11.6 Å². The lowest BCUT2D eigenvalue weighted by Crippen LogP contribution is -2.17. The maximum absolute atomic E-state index is 12.6. The number of nitrogens with zero attached hydrogens (tertiary/aromatic N) is 2. The highest BCUT2D eigenvalue weighted by Gasteiger charge is 2.34. The third-order valence-electron chi connectivity index (χ3n) is 4.32. The van der Waals surface area contributed by atoms with Crippen molar-refractivity contribution < 1.29 is 27.8 Å². The molecular formula is C17H11ClF3N3O4. The number of halogens is 4. The van der Waals surface area contributed by atoms with Gasteiger partial charge >= 0.3 is 12.3 Å². The van der Waals surface area contributed by atoms with Crippen LogP contribution in [0.1, 0.15) is 34.8 Å². The van der Waals surface area contributed by atoms with E-state index in [0.29, 0.717) is 5.56 Å². The van der Waals surface area contributed by atoms with Gasteiger partial charge in [0.05, 0.1) is 16.9 Å². The molecule has 1 aliphatic rings. The van der Waals surface area contributed by atoms with Gasteiger partial charge in [0.2, 0.25) is 0 Å². The highest BCUT2D eigenvalue weighted by molar-refractivity contribution is 6.32. The molecule has 3 aromatic rings. The summed E-state index contributed by atoms with van der Waals surface area (Å²) in [6, 6.07) is 3.62. The first-order valence-electron chi connectivity index (χ1n) is 8.08. The summed E-state index contributed by atoms with van der Waals surface area (Å²) in [7, 11) is 0. The summed E-state index contributed by atoms with van der Waals surface area (Å²) in [6.45, 7) is 0. The summed E-state index contributed by atoms with van der Waals surface area (Å²) in [6.07, 6.45) is -2.07. The smallest absolute Gasteiger partial charge is 0.476 e. The lowest BCUT2D eigenvalue weighted by molar-refractivity contribution is -0.274. The Kier molecular flexibility index (Phi) is 4.11. The van der Waals surface area contributed by atoms with Crippen molar-refractivity contribution >= 4 is 23.1 Å². The Balaban J connectivity index is 1.86. The van der Waals surface area contributed by atoms with E-state index in [0.717, 1.165) is 23.4 Å². The third kappa shape index (κ3) is 3.31. The molecular weight excluding hydrogens is 403 g/mol. The minimum atomic E-state index is -4.93. The van der Waals surface area contributed by atoms with E-state index in [1.165, 1.54) is 18.3 Å². The van der Waals surface area contributed by atoms with Crippen molar-refractivity contribution in [2.24, 2.45) is 0 Å². The number of aromatic carboxylic acids is 1. The monoisotopic (exact) mass is 413 g/mol. The molecule has 2 aromatic heterocycles. The summed E-state index contributed by atoms with van der Waals surface area (Å²) >= 11 is 5.74. The Bertz CT molecular complexity index is 1160. The standard InChI is InChI=1S/C17H11ClF3N3O4/c18-9-4-3-8(5-11(9)28-17(19,20)21)10-6-24-14(15(25)22-10)12(7-1-2-7)13(23-24)16(26)27/h3-7H,1-2H2,(H,22,25)(H,26,27). The quantitative estimate of drug-likeness (QED) is 0.677. The van der Waals surface area contributed by atoms with Crippen molar-refractivity contribution in [3.8, 4) is 17.0 Å². The number of hydrogen-bond donors (Lipinski definition) is 2. The molecule has 1 saturated carbocycles. The van der Waals surface area contributed by atoms with Crippen molar-refractivity contribution in [3.63, 3.8) is 0 Å². The van der Waals surface area contributed by atoms with Gasteiger partial charge < -0.3 is 14.8 Å². The van der Waals surface area contributed by atoms with Gasteiger partial charge in [-0.3, -0.25) is 4.79 Å². The zero-order chi connectivity index (χ0) is 20.2. The highest BCUT2D eigenvalue weighted by Crippen LogP contribution is 2.43. The molecule has 146 valence electrons. The van der Waals surface area contributed by atoms with Gasteiger partial charge in [-0.15, -0.1) is 13.2 Å². The summed E-state index contributed by atoms with van der Waals surface area (Å²) in [5.74, 6) is -1.92. The normalized spacial score (nSPS) is 14.4. The maximum atomic E-state index is 12.6. The molecule has 0 saturated heterocycles. The third-order valence-corrected chi connectivity index (χ3v) is 4.63. The molecule has 4 rings (SSSR count). The number of H-pyrrole nitrogens is 1. The Morgan fingerprint density at radius 2 is 2.07 bits per heavy atom. The van der Waals surface area contributed by atoms with E-state index in [1.54, 1.807) is 0 Å². The molecule has 11 heteroatoms. The number of alkyl halides is 3. The van der Waals surface area contributed by atoms with Crippen LogP contribution in [-0.2, 0) is 0 Å². The average molecular weight is 414 g/mol. The molecule has 1 fully saturated rings. The van der Waals surface area contributed by atoms with Crippen LogP contribution in [0.2, 0.25) is 5.02 Å². The van der Waals surface area contributed by atoms with E-state index >= 15 is 0 Å². The first-order chi connectivity index (χ1) is 13.1. The van der Waals surface area contributed by atoms with Gasteiger partial charge in [-0.25, -0.2) is 9.31 Å². The molecule has 1 aliphatic carbocycles. The molecule has 28 heavy (non-hydrogen) atoms. The predicted octanol–water partition coefficient (Wildman–Crippen LogP) is 3.82. The van der Waals surface area contributed by atoms with Crippen molar-refractivity contribution in [3.05, 3.63) is 51.0 Å². The van der Waals surface area contributed by atoms with Gasteiger partial charge in [-0.2, -0.15) is 5.10 Å². The largest absolute Gasteiger partial charge is 0.573 e. The zero-order valence-electron chi connectivity index (χ0n) is 13.9. The topological polar surface area (TPSA) is 96.7 Å². The van der Waals surface area contributed by atoms with Crippen LogP contribution >= 0.6 is 11.6 Å². The van der Waals surface area contributed by atoms with Crippen molar-refractivity contribution in [1.82, 2.24) is 14.6 Å². The minimum absolute atomic E-state index is 0.0436. The second kappa shape index (κ2) is 6.26. The maximum Gasteiger partial charge on any atom is 0.573 e. The second-order valence-corrected chi connectivity index (χ2v) is 6.73. The molecule has 0 amide bonds. The Labute approximate surface area is 159 Å². The zero-order valence-corrected chi connectivity index (χ0v) is 14.6. The fraction of sp³-hybridized carbons (Fsp3) is 0.235. The number of carboxylic acids is 1. The van der Waals surface area contributed by atoms with Gasteiger partial charge in [-0.05, 0) is 30.9 Å². The number of benzene rings is 1. The van der Waals surface area contributed by atoms with Gasteiger partial charge in [0.1, 0.15) is 11.3 Å². The SMILES string of the molecule is O=C(O)c1nn2cc(-c3ccc(Cl)c(OC(F)(F)F)c3)[nH]c(=O)c2c1C1CC1. The van der Waals surface area contributed by atoms with Crippen LogP contribution in [0, 0.1) is 0 Å². The lowest BCUT2D eigenvalue weighted by atomic mass is 10.1. The van der Waals surface area contributed by atoms with Crippen molar-refractivity contribution in [2.75, 3.05) is 0 Å². The number of ether oxygens (including phenoxy) is 1. The van der Waals surface area contributed by atoms with Gasteiger partial charge in [0, 0.05) is 11.1 Å². The van der Waals surface area contributed by atoms with E-state index < -0.39 is 23.6 Å². The van der Waals surface area contributed by atoms with Gasteiger partial charge in [0.15, 0.2) is 5.69 Å². The fourth-order valence-electron chi connectivity index (χ4n) is 3.04. The van der Waals surface area contributed by atoms with Crippen LogP contribution in [0.15, 0.2) is 29.2 Å². The number of nitrogens with one attached hydrogen (secondary N) is 1. The van der Waals surface area contributed by atoms with E-state index in [1.807, 2.05) is 0 Å². The van der Waals surface area contributed by atoms with Gasteiger partial charge in [-0.1, -0.05) is 17.7 Å². The summed E-state index contributed by atoms with van der Waals surface area (Å²) in [4.78, 5) is 26.6. The predicted molar refractivity (Wildman–Crippen MR) is 91.9 cm³/mol. The number of hydrogen-bond acceptors (Lipinski definition) is 4. The lowest BCUT2D eigenvalue weighted by Gasteiger charge is -2.12. The average Bonchev–Trinajstić information content (AvgIpc) is 3.35. The molecule has 1 aromatic carbocycles. The number of aromatic amines is 1. The Morgan fingerprint density at radius 3 is 2.68 bits per heavy atom. The van der Waals surface area contributed by atoms with E-state index in [-0.39, 0.29) is 33.4 Å². The Morgan fingerprint density at radius 1 is 1.36 bits per heavy atom. The van der Waals surface area contributed by atoms with Crippen LogP contribution in [0.3, 0.4) is 0 Å². The molecule has 0 spiro atoms. The molecule has 0 bridgehead atoms. The fourth-order valence-corrected chi connectivity index (χ4v) is 3.20. The number of carboxylic acid groups (broad SMARTS) is 1. The van der Waals surface area contributed by atoms with Crippen molar-refractivity contribution in [2.45, 2.75) is 25.1 Å². The minimum Gasteiger partial charge on any atom is -0.476 e. The van der Waals surface area contributed by atoms with Crippen LogP contribution < -0.4 is 10.3 Å². The molecule has 0 atom stereocenters. The second-order valence-electron chi connectivity index (χ2n) is 6.32. The summed E-state index contributed by atoms with van der Waals surface area (Å²) in [5, 5.41) is 13.1. The number of rotatable bonds is 4. The van der Waals surface area contributed by atoms with Crippen molar-refractivity contribution in [1.29, 1.82) is 0 Å². The Hall–Kier alpha value is -3.01. The molecule has 0 unspecified atom stereocenters. The number of aromatic nitrogens is 3. The summed E-state index contributed by atoms with van der Waals surface area (Å²) < 4.78 is 42.6. The van der Waals surface area contributed by atoms with E-state index in [9.17, 15) is 27.9 Å². The number of fused-ring (bicyclic) bond motifs is 1. The van der Waals surface area contributed by atoms with Gasteiger partial charge in [0.25, 0.3) is 5.56 Å². The van der Waals surface area contributed by atoms with E-state index in [2.05, 4.69) is 14.8 Å². The number of carbonyl (C=O) groups is 1. The van der Waals surface area contributed by atoms with Crippen LogP contribution in [-0.4, -0.2) is 32.0 Å². The molecule has 2 heterocycles. The van der Waals surface area contributed by atoms with Crippen LogP contribution in [0.5, 0.6) is 5.75 Å². The molecule has 0 radical (unpaired) electrons. The molecule has 2 N–H and O–H groups in total. The van der Waals surface area contributed by atoms with Crippen LogP contribution in [0.4, 0.5) is 13.2 Å². The first kappa shape index (κ1) is 18.4. The first-order valence-corrected chi connectivity index (χ1v) is 8.46. The molecule has 7 nitrogen and oxygen atoms in total. The molecule has 0 aliphatic heterocycles. The van der Waals surface area contributed by atoms with Crippen LogP contribution in [0.25, 0.3) is 16.8 Å². The highest BCUT2D eigenvalue weighted by atomic mass is 35.5.